The molecule has 1 amide bonds. The maximum atomic E-state index is 10.3. The third-order valence-electron chi connectivity index (χ3n) is 1.79. The van der Waals surface area contributed by atoms with Crippen LogP contribution in [0.15, 0.2) is 4.42 Å². The van der Waals surface area contributed by atoms with E-state index in [0.717, 1.165) is 11.3 Å². The van der Waals surface area contributed by atoms with Crippen molar-refractivity contribution in [3.63, 3.8) is 0 Å². The molecule has 12 heavy (non-hydrogen) atoms. The van der Waals surface area contributed by atoms with E-state index >= 15 is 0 Å². The topological polar surface area (TPSA) is 62.5 Å². The molecule has 0 radical (unpaired) electrons. The van der Waals surface area contributed by atoms with Crippen molar-refractivity contribution in [2.24, 2.45) is 0 Å². The van der Waals surface area contributed by atoms with Crippen molar-refractivity contribution in [2.75, 3.05) is 5.32 Å². The van der Waals surface area contributed by atoms with Crippen molar-refractivity contribution < 1.29 is 14.3 Å². The Bertz CT molecular complexity index is 314. The Kier molecular flexibility index (Phi) is 2.08. The van der Waals surface area contributed by atoms with Crippen molar-refractivity contribution in [3.8, 4) is 0 Å². The first kappa shape index (κ1) is 8.64. The molecular formula is C8H11NO3. The molecule has 0 spiro atoms. The van der Waals surface area contributed by atoms with E-state index in [-0.39, 0.29) is 0 Å². The van der Waals surface area contributed by atoms with Gasteiger partial charge in [-0.1, -0.05) is 0 Å². The third-order valence-corrected chi connectivity index (χ3v) is 1.79. The Hall–Kier alpha value is -1.45. The van der Waals surface area contributed by atoms with Crippen LogP contribution >= 0.6 is 0 Å². The molecule has 0 saturated heterocycles. The van der Waals surface area contributed by atoms with Crippen LogP contribution in [0, 0.1) is 20.8 Å². The highest BCUT2D eigenvalue weighted by Crippen LogP contribution is 2.25. The Labute approximate surface area is 70.2 Å². The standard InChI is InChI=1S/C8H11NO3/c1-4-5(2)12-6(3)7(4)9-8(10)11/h9H,1-3H3,(H,10,11). The number of hydrogen-bond donors (Lipinski definition) is 2. The van der Waals surface area contributed by atoms with Gasteiger partial charge in [-0.25, -0.2) is 4.79 Å². The van der Waals surface area contributed by atoms with Crippen molar-refractivity contribution in [3.05, 3.63) is 17.1 Å². The zero-order valence-corrected chi connectivity index (χ0v) is 7.26. The average molecular weight is 169 g/mol. The summed E-state index contributed by atoms with van der Waals surface area (Å²) in [6, 6.07) is 0. The minimum Gasteiger partial charge on any atom is -0.465 e. The maximum absolute atomic E-state index is 10.3. The highest BCUT2D eigenvalue weighted by molar-refractivity contribution is 5.84. The number of aryl methyl sites for hydroxylation is 2. The van der Waals surface area contributed by atoms with Gasteiger partial charge < -0.3 is 9.52 Å². The molecule has 0 fully saturated rings. The van der Waals surface area contributed by atoms with Gasteiger partial charge in [0.2, 0.25) is 0 Å². The molecule has 0 aliphatic rings. The van der Waals surface area contributed by atoms with Crippen LogP contribution in [0.4, 0.5) is 10.5 Å². The van der Waals surface area contributed by atoms with Crippen molar-refractivity contribution in [1.29, 1.82) is 0 Å². The van der Waals surface area contributed by atoms with Gasteiger partial charge in [0.05, 0.1) is 5.69 Å². The number of anilines is 1. The second kappa shape index (κ2) is 2.89. The molecule has 0 atom stereocenters. The van der Waals surface area contributed by atoms with Gasteiger partial charge in [0.25, 0.3) is 0 Å². The zero-order chi connectivity index (χ0) is 9.30. The molecule has 1 aromatic heterocycles. The number of amides is 1. The van der Waals surface area contributed by atoms with Gasteiger partial charge in [0.1, 0.15) is 11.5 Å². The second-order valence-electron chi connectivity index (χ2n) is 2.64. The first-order valence-electron chi connectivity index (χ1n) is 3.59. The Morgan fingerprint density at radius 1 is 1.33 bits per heavy atom. The van der Waals surface area contributed by atoms with Crippen LogP contribution in [0.1, 0.15) is 17.1 Å². The highest BCUT2D eigenvalue weighted by atomic mass is 16.4. The molecule has 0 bridgehead atoms. The molecule has 66 valence electrons. The molecule has 1 rings (SSSR count). The summed E-state index contributed by atoms with van der Waals surface area (Å²) in [4.78, 5) is 10.3. The van der Waals surface area contributed by atoms with Crippen LogP contribution in [0.25, 0.3) is 0 Å². The summed E-state index contributed by atoms with van der Waals surface area (Å²) in [6.07, 6.45) is -1.07. The average Bonchev–Trinajstić information content (AvgIpc) is 2.16. The second-order valence-corrected chi connectivity index (χ2v) is 2.64. The molecule has 1 heterocycles. The summed E-state index contributed by atoms with van der Waals surface area (Å²) in [6.45, 7) is 5.34. The lowest BCUT2D eigenvalue weighted by atomic mass is 10.2. The van der Waals surface area contributed by atoms with Crippen LogP contribution in [-0.4, -0.2) is 11.2 Å². The van der Waals surface area contributed by atoms with Crippen molar-refractivity contribution in [2.45, 2.75) is 20.8 Å². The lowest BCUT2D eigenvalue weighted by Crippen LogP contribution is -2.08. The molecular weight excluding hydrogens is 158 g/mol. The molecule has 0 aliphatic carbocycles. The zero-order valence-electron chi connectivity index (χ0n) is 7.26. The molecule has 0 aromatic carbocycles. The van der Waals surface area contributed by atoms with E-state index in [2.05, 4.69) is 5.32 Å². The number of carboxylic acid groups (broad SMARTS) is 1. The summed E-state index contributed by atoms with van der Waals surface area (Å²) in [7, 11) is 0. The summed E-state index contributed by atoms with van der Waals surface area (Å²) in [5.41, 5.74) is 1.40. The van der Waals surface area contributed by atoms with Gasteiger partial charge in [-0.15, -0.1) is 0 Å². The molecule has 0 aliphatic heterocycles. The number of hydrogen-bond acceptors (Lipinski definition) is 2. The first-order chi connectivity index (χ1) is 5.52. The van der Waals surface area contributed by atoms with E-state index < -0.39 is 6.09 Å². The highest BCUT2D eigenvalue weighted by Gasteiger charge is 2.12. The number of furan rings is 1. The minimum absolute atomic E-state index is 0.556. The molecule has 0 unspecified atom stereocenters. The summed E-state index contributed by atoms with van der Waals surface area (Å²) in [5, 5.41) is 10.8. The van der Waals surface area contributed by atoms with Crippen molar-refractivity contribution in [1.82, 2.24) is 0 Å². The predicted octanol–water partition coefficient (Wildman–Crippen LogP) is 2.29. The van der Waals surface area contributed by atoms with Crippen LogP contribution in [0.3, 0.4) is 0 Å². The predicted molar refractivity (Wildman–Crippen MR) is 44.6 cm³/mol. The third kappa shape index (κ3) is 1.42. The smallest absolute Gasteiger partial charge is 0.409 e. The minimum atomic E-state index is -1.07. The van der Waals surface area contributed by atoms with E-state index in [1.165, 1.54) is 0 Å². The number of rotatable bonds is 1. The normalized spacial score (nSPS) is 9.92. The lowest BCUT2D eigenvalue weighted by molar-refractivity contribution is 0.209. The Morgan fingerprint density at radius 2 is 1.92 bits per heavy atom. The largest absolute Gasteiger partial charge is 0.465 e. The maximum Gasteiger partial charge on any atom is 0.409 e. The van der Waals surface area contributed by atoms with Crippen LogP contribution in [0.5, 0.6) is 0 Å². The molecule has 4 heteroatoms. The van der Waals surface area contributed by atoms with E-state index in [9.17, 15) is 4.79 Å². The lowest BCUT2D eigenvalue weighted by Gasteiger charge is -1.98. The van der Waals surface area contributed by atoms with Gasteiger partial charge in [-0.3, -0.25) is 5.32 Å². The number of carbonyl (C=O) groups is 1. The van der Waals surface area contributed by atoms with E-state index in [1.54, 1.807) is 13.8 Å². The van der Waals surface area contributed by atoms with Gasteiger partial charge in [-0.05, 0) is 20.8 Å². The Balaban J connectivity index is 3.05. The van der Waals surface area contributed by atoms with E-state index in [1.807, 2.05) is 6.92 Å². The van der Waals surface area contributed by atoms with Crippen molar-refractivity contribution >= 4 is 11.8 Å². The van der Waals surface area contributed by atoms with Gasteiger partial charge in [0.15, 0.2) is 0 Å². The fraction of sp³-hybridized carbons (Fsp3) is 0.375. The molecule has 1 aromatic rings. The van der Waals surface area contributed by atoms with Gasteiger partial charge in [-0.2, -0.15) is 0 Å². The van der Waals surface area contributed by atoms with Crippen LogP contribution in [-0.2, 0) is 0 Å². The Morgan fingerprint density at radius 3 is 2.25 bits per heavy atom. The van der Waals surface area contributed by atoms with Crippen LogP contribution in [0.2, 0.25) is 0 Å². The fourth-order valence-electron chi connectivity index (χ4n) is 1.09. The van der Waals surface area contributed by atoms with Gasteiger partial charge in [0, 0.05) is 5.56 Å². The van der Waals surface area contributed by atoms with Crippen LogP contribution < -0.4 is 5.32 Å². The molecule has 2 N–H and O–H groups in total. The van der Waals surface area contributed by atoms with Gasteiger partial charge >= 0.3 is 6.09 Å². The monoisotopic (exact) mass is 169 g/mol. The quantitative estimate of drug-likeness (QED) is 0.678. The summed E-state index contributed by atoms with van der Waals surface area (Å²) < 4.78 is 5.22. The SMILES string of the molecule is Cc1oc(C)c(NC(=O)O)c1C. The molecule has 0 saturated carbocycles. The first-order valence-corrected chi connectivity index (χ1v) is 3.59. The fourth-order valence-corrected chi connectivity index (χ4v) is 1.09. The molecule has 4 nitrogen and oxygen atoms in total. The van der Waals surface area contributed by atoms with E-state index in [4.69, 9.17) is 9.52 Å². The summed E-state index contributed by atoms with van der Waals surface area (Å²) in [5.74, 6) is 1.35. The van der Waals surface area contributed by atoms with E-state index in [0.29, 0.717) is 11.4 Å². The number of nitrogens with one attached hydrogen (secondary N) is 1. The summed E-state index contributed by atoms with van der Waals surface area (Å²) >= 11 is 0.